The summed E-state index contributed by atoms with van der Waals surface area (Å²) in [6.45, 7) is 6.30. The second kappa shape index (κ2) is 5.04. The van der Waals surface area contributed by atoms with E-state index in [0.717, 1.165) is 12.1 Å². The average molecular weight is 276 g/mol. The molecule has 2 unspecified atom stereocenters. The van der Waals surface area contributed by atoms with Crippen molar-refractivity contribution in [3.63, 3.8) is 0 Å². The lowest BCUT2D eigenvalue weighted by molar-refractivity contribution is 0.454. The summed E-state index contributed by atoms with van der Waals surface area (Å²) in [4.78, 5) is 4.45. The van der Waals surface area contributed by atoms with E-state index in [-0.39, 0.29) is 5.41 Å². The monoisotopic (exact) mass is 276 g/mol. The molecule has 2 N–H and O–H groups in total. The van der Waals surface area contributed by atoms with Crippen LogP contribution in [0.15, 0.2) is 5.38 Å². The van der Waals surface area contributed by atoms with Gasteiger partial charge in [0.1, 0.15) is 10.3 Å². The van der Waals surface area contributed by atoms with Crippen LogP contribution in [-0.4, -0.2) is 26.2 Å². The van der Waals surface area contributed by atoms with Gasteiger partial charge in [0.05, 0.1) is 5.69 Å². The zero-order valence-electron chi connectivity index (χ0n) is 10.7. The highest BCUT2D eigenvalue weighted by molar-refractivity contribution is 7.91. The standard InChI is InChI=1S/C11H20N2O2S2/c1-5-11(3,7-12)9-6-16-10(13-9)8(2)17(4,14)15/h6,8H,5,7,12H2,1-4H3. The Morgan fingerprint density at radius 1 is 1.59 bits per heavy atom. The Hall–Kier alpha value is -0.460. The predicted molar refractivity (Wildman–Crippen MR) is 72.1 cm³/mol. The van der Waals surface area contributed by atoms with Gasteiger partial charge in [-0.15, -0.1) is 11.3 Å². The van der Waals surface area contributed by atoms with E-state index in [0.29, 0.717) is 11.6 Å². The summed E-state index contributed by atoms with van der Waals surface area (Å²) >= 11 is 1.40. The third-order valence-electron chi connectivity index (χ3n) is 3.36. The van der Waals surface area contributed by atoms with Crippen LogP contribution < -0.4 is 5.73 Å². The van der Waals surface area contributed by atoms with Crippen LogP contribution in [0.1, 0.15) is 43.1 Å². The number of aromatic nitrogens is 1. The van der Waals surface area contributed by atoms with E-state index in [1.807, 2.05) is 5.38 Å². The second-order valence-corrected chi connectivity index (χ2v) is 7.92. The van der Waals surface area contributed by atoms with E-state index in [4.69, 9.17) is 5.73 Å². The maximum atomic E-state index is 11.5. The molecule has 0 radical (unpaired) electrons. The Morgan fingerprint density at radius 3 is 2.59 bits per heavy atom. The number of nitrogens with zero attached hydrogens (tertiary/aromatic N) is 1. The van der Waals surface area contributed by atoms with Gasteiger partial charge in [0, 0.05) is 23.6 Å². The van der Waals surface area contributed by atoms with Crippen molar-refractivity contribution < 1.29 is 8.42 Å². The molecule has 2 atom stereocenters. The summed E-state index contributed by atoms with van der Waals surface area (Å²) in [6.07, 6.45) is 2.13. The van der Waals surface area contributed by atoms with Crippen molar-refractivity contribution in [3.8, 4) is 0 Å². The molecule has 0 aliphatic heterocycles. The summed E-state index contributed by atoms with van der Waals surface area (Å²) in [6, 6.07) is 0. The predicted octanol–water partition coefficient (Wildman–Crippen LogP) is 1.88. The lowest BCUT2D eigenvalue weighted by atomic mass is 9.85. The van der Waals surface area contributed by atoms with Gasteiger partial charge in [-0.2, -0.15) is 0 Å². The van der Waals surface area contributed by atoms with Crippen LogP contribution in [0.4, 0.5) is 0 Å². The van der Waals surface area contributed by atoms with Crippen molar-refractivity contribution in [2.45, 2.75) is 37.9 Å². The minimum atomic E-state index is -3.08. The molecular formula is C11H20N2O2S2. The molecule has 1 rings (SSSR count). The van der Waals surface area contributed by atoms with Crippen LogP contribution in [0.2, 0.25) is 0 Å². The van der Waals surface area contributed by atoms with Crippen LogP contribution in [0.25, 0.3) is 0 Å². The third kappa shape index (κ3) is 3.05. The molecule has 6 heteroatoms. The molecule has 0 saturated carbocycles. The first-order valence-electron chi connectivity index (χ1n) is 5.59. The minimum absolute atomic E-state index is 0.161. The third-order valence-corrected chi connectivity index (χ3v) is 6.05. The molecule has 0 amide bonds. The fourth-order valence-corrected chi connectivity index (χ4v) is 3.39. The normalized spacial score (nSPS) is 17.7. The summed E-state index contributed by atoms with van der Waals surface area (Å²) in [5.74, 6) is 0. The highest BCUT2D eigenvalue weighted by Crippen LogP contribution is 2.31. The largest absolute Gasteiger partial charge is 0.330 e. The van der Waals surface area contributed by atoms with Gasteiger partial charge in [-0.3, -0.25) is 0 Å². The van der Waals surface area contributed by atoms with Gasteiger partial charge in [0.25, 0.3) is 0 Å². The number of sulfone groups is 1. The van der Waals surface area contributed by atoms with Gasteiger partial charge in [-0.05, 0) is 13.3 Å². The molecule has 98 valence electrons. The molecule has 0 fully saturated rings. The zero-order chi connectivity index (χ0) is 13.3. The van der Waals surface area contributed by atoms with Gasteiger partial charge in [-0.25, -0.2) is 13.4 Å². The first-order chi connectivity index (χ1) is 7.74. The Bertz CT molecular complexity index is 475. The average Bonchev–Trinajstić information content (AvgIpc) is 2.75. The summed E-state index contributed by atoms with van der Waals surface area (Å²) in [7, 11) is -3.08. The van der Waals surface area contributed by atoms with Crippen molar-refractivity contribution in [1.29, 1.82) is 0 Å². The first-order valence-corrected chi connectivity index (χ1v) is 8.43. The highest BCUT2D eigenvalue weighted by Gasteiger charge is 2.28. The summed E-state index contributed by atoms with van der Waals surface area (Å²) in [5, 5.41) is 2.03. The SMILES string of the molecule is CCC(C)(CN)c1csc(C(C)S(C)(=O)=O)n1. The van der Waals surface area contributed by atoms with Gasteiger partial charge >= 0.3 is 0 Å². The van der Waals surface area contributed by atoms with Gasteiger partial charge in [0.15, 0.2) is 9.84 Å². The molecular weight excluding hydrogens is 256 g/mol. The number of hydrogen-bond acceptors (Lipinski definition) is 5. The second-order valence-electron chi connectivity index (χ2n) is 4.66. The fraction of sp³-hybridized carbons (Fsp3) is 0.727. The molecule has 1 heterocycles. The number of nitrogens with two attached hydrogens (primary N) is 1. The minimum Gasteiger partial charge on any atom is -0.330 e. The van der Waals surface area contributed by atoms with Crippen molar-refractivity contribution in [1.82, 2.24) is 4.98 Å². The van der Waals surface area contributed by atoms with Crippen molar-refractivity contribution in [2.24, 2.45) is 5.73 Å². The fourth-order valence-electron chi connectivity index (χ4n) is 1.36. The van der Waals surface area contributed by atoms with Crippen LogP contribution in [-0.2, 0) is 15.3 Å². The quantitative estimate of drug-likeness (QED) is 0.891. The number of thiazole rings is 1. The van der Waals surface area contributed by atoms with Crippen LogP contribution >= 0.6 is 11.3 Å². The van der Waals surface area contributed by atoms with E-state index in [1.54, 1.807) is 6.92 Å². The zero-order valence-corrected chi connectivity index (χ0v) is 12.4. The Balaban J connectivity index is 3.08. The maximum absolute atomic E-state index is 11.5. The van der Waals surface area contributed by atoms with E-state index in [2.05, 4.69) is 18.8 Å². The Kier molecular flexibility index (Phi) is 4.33. The van der Waals surface area contributed by atoms with E-state index in [9.17, 15) is 8.42 Å². The lowest BCUT2D eigenvalue weighted by Crippen LogP contribution is -2.31. The van der Waals surface area contributed by atoms with Gasteiger partial charge < -0.3 is 5.73 Å². The van der Waals surface area contributed by atoms with Crippen molar-refractivity contribution >= 4 is 21.2 Å². The van der Waals surface area contributed by atoms with Gasteiger partial charge in [-0.1, -0.05) is 13.8 Å². The van der Waals surface area contributed by atoms with Crippen molar-refractivity contribution in [3.05, 3.63) is 16.1 Å². The van der Waals surface area contributed by atoms with Crippen LogP contribution in [0.3, 0.4) is 0 Å². The maximum Gasteiger partial charge on any atom is 0.156 e. The number of rotatable bonds is 5. The molecule has 0 spiro atoms. The molecule has 0 aliphatic carbocycles. The first kappa shape index (κ1) is 14.6. The molecule has 0 aromatic carbocycles. The van der Waals surface area contributed by atoms with Crippen LogP contribution in [0, 0.1) is 0 Å². The Labute approximate surface area is 107 Å². The number of hydrogen-bond donors (Lipinski definition) is 1. The molecule has 0 bridgehead atoms. The van der Waals surface area contributed by atoms with E-state index >= 15 is 0 Å². The van der Waals surface area contributed by atoms with E-state index in [1.165, 1.54) is 17.6 Å². The highest BCUT2D eigenvalue weighted by atomic mass is 32.2. The molecule has 0 aliphatic rings. The summed E-state index contributed by atoms with van der Waals surface area (Å²) in [5.41, 5.74) is 6.51. The summed E-state index contributed by atoms with van der Waals surface area (Å²) < 4.78 is 22.9. The smallest absolute Gasteiger partial charge is 0.156 e. The van der Waals surface area contributed by atoms with Gasteiger partial charge in [0.2, 0.25) is 0 Å². The van der Waals surface area contributed by atoms with Crippen molar-refractivity contribution in [2.75, 3.05) is 12.8 Å². The van der Waals surface area contributed by atoms with E-state index < -0.39 is 15.1 Å². The molecule has 0 saturated heterocycles. The Morgan fingerprint density at radius 2 is 2.18 bits per heavy atom. The molecule has 4 nitrogen and oxygen atoms in total. The molecule has 17 heavy (non-hydrogen) atoms. The lowest BCUT2D eigenvalue weighted by Gasteiger charge is -2.23. The molecule has 1 aromatic heterocycles. The molecule has 1 aromatic rings. The topological polar surface area (TPSA) is 73.1 Å². The van der Waals surface area contributed by atoms with Crippen LogP contribution in [0.5, 0.6) is 0 Å².